The van der Waals surface area contributed by atoms with Crippen LogP contribution in [0.2, 0.25) is 10.0 Å². The van der Waals surface area contributed by atoms with Crippen molar-refractivity contribution in [3.05, 3.63) is 87.4 Å². The van der Waals surface area contributed by atoms with Crippen molar-refractivity contribution in [2.45, 2.75) is 17.4 Å². The highest BCUT2D eigenvalue weighted by Crippen LogP contribution is 2.48. The van der Waals surface area contributed by atoms with Crippen molar-refractivity contribution in [1.29, 1.82) is 0 Å². The molecule has 0 bridgehead atoms. The molecule has 0 saturated carbocycles. The molecule has 198 valence electrons. The van der Waals surface area contributed by atoms with E-state index in [4.69, 9.17) is 23.2 Å². The minimum atomic E-state index is -3.50. The summed E-state index contributed by atoms with van der Waals surface area (Å²) in [5.74, 6) is 0.599. The van der Waals surface area contributed by atoms with Crippen molar-refractivity contribution in [2.24, 2.45) is 0 Å². The second-order valence-electron chi connectivity index (χ2n) is 8.52. The monoisotopic (exact) mass is 594 g/mol. The van der Waals surface area contributed by atoms with E-state index < -0.39 is 35.2 Å². The van der Waals surface area contributed by atoms with Gasteiger partial charge >= 0.3 is 5.97 Å². The first kappa shape index (κ1) is 29.4. The third-order valence-corrected chi connectivity index (χ3v) is 8.93. The number of phenols is 1. The molecule has 0 fully saturated rings. The van der Waals surface area contributed by atoms with E-state index in [1.165, 1.54) is 42.5 Å². The topological polar surface area (TPSA) is 141 Å². The van der Waals surface area contributed by atoms with Crippen molar-refractivity contribution >= 4 is 57.7 Å². The summed E-state index contributed by atoms with van der Waals surface area (Å²) in [6, 6.07) is 13.2. The Hall–Kier alpha value is -3.12. The van der Waals surface area contributed by atoms with Gasteiger partial charge in [0, 0.05) is 24.3 Å². The fourth-order valence-corrected chi connectivity index (χ4v) is 6.02. The van der Waals surface area contributed by atoms with Crippen LogP contribution in [0.25, 0.3) is 0 Å². The molecule has 12 heteroatoms. The van der Waals surface area contributed by atoms with E-state index in [0.29, 0.717) is 16.4 Å². The lowest BCUT2D eigenvalue weighted by molar-refractivity contribution is -0.139. The van der Waals surface area contributed by atoms with Crippen LogP contribution in [0.3, 0.4) is 0 Å². The van der Waals surface area contributed by atoms with Crippen LogP contribution in [-0.2, 0) is 21.1 Å². The Kier molecular flexibility index (Phi) is 9.09. The number of sulfone groups is 1. The second-order valence-corrected chi connectivity index (χ2v) is 14.0. The number of hydrogen-bond donors (Lipinski definition) is 4. The van der Waals surface area contributed by atoms with E-state index in [2.05, 4.69) is 16.9 Å². The predicted octanol–water partition coefficient (Wildman–Crippen LogP) is 3.72. The summed E-state index contributed by atoms with van der Waals surface area (Å²) < 4.78 is 23.6. The SMILES string of the molecule is C[P+](O)(C#Cc1cc(Cl)c(C(=O)N[C@@H](Cc2cccc(S(C)(=O)=O)c2)C(=O)O)c(Cl)c1)c1cccc(O)c1. The normalized spacial score (nSPS) is 13.5. The van der Waals surface area contributed by atoms with Crippen LogP contribution in [0.1, 0.15) is 21.5 Å². The van der Waals surface area contributed by atoms with Crippen LogP contribution in [0.4, 0.5) is 0 Å². The molecule has 3 aromatic rings. The number of carboxylic acids is 1. The summed E-state index contributed by atoms with van der Waals surface area (Å²) >= 11 is 12.6. The van der Waals surface area contributed by atoms with Crippen LogP contribution < -0.4 is 10.6 Å². The van der Waals surface area contributed by atoms with Gasteiger partial charge < -0.3 is 15.5 Å². The predicted molar refractivity (Wildman–Crippen MR) is 148 cm³/mol. The molecule has 0 aliphatic rings. The summed E-state index contributed by atoms with van der Waals surface area (Å²) in [5.41, 5.74) is 3.32. The molecule has 0 spiro atoms. The Bertz CT molecular complexity index is 1560. The van der Waals surface area contributed by atoms with E-state index in [0.717, 1.165) is 6.26 Å². The standard InChI is InChI=1S/C26H22Cl2NO7PS/c1-37(34,19-7-4-6-18(30)15-19)10-9-17-12-21(27)24(22(28)13-17)25(31)29-23(26(32)33)14-16-5-3-8-20(11-16)38(2,35)36/h3-8,11-13,15,23,34H,14H2,1-2H3,(H2-,29,30,31,32,33)/p+1/t23-,37?/m0/s1. The maximum atomic E-state index is 12.9. The third-order valence-electron chi connectivity index (χ3n) is 5.39. The Balaban J connectivity index is 1.83. The zero-order valence-corrected chi connectivity index (χ0v) is 23.4. The van der Waals surface area contributed by atoms with Gasteiger partial charge in [-0.1, -0.05) is 41.4 Å². The molecular formula is C26H23Cl2NO7PS+. The first-order valence-corrected chi connectivity index (χ1v) is 15.7. The van der Waals surface area contributed by atoms with E-state index in [1.807, 2.05) is 0 Å². The van der Waals surface area contributed by atoms with Gasteiger partial charge in [0.15, 0.2) is 9.84 Å². The van der Waals surface area contributed by atoms with Gasteiger partial charge in [0.2, 0.25) is 7.49 Å². The summed E-state index contributed by atoms with van der Waals surface area (Å²) in [6.45, 7) is 1.55. The van der Waals surface area contributed by atoms with Crippen molar-refractivity contribution in [3.8, 4) is 17.3 Å². The van der Waals surface area contributed by atoms with Crippen molar-refractivity contribution in [1.82, 2.24) is 5.32 Å². The molecule has 0 aromatic heterocycles. The van der Waals surface area contributed by atoms with Gasteiger partial charge in [-0.2, -0.15) is 0 Å². The van der Waals surface area contributed by atoms with Crippen molar-refractivity contribution < 1.29 is 33.1 Å². The Morgan fingerprint density at radius 3 is 2.26 bits per heavy atom. The minimum Gasteiger partial charge on any atom is -0.508 e. The van der Waals surface area contributed by atoms with Gasteiger partial charge in [0.25, 0.3) is 5.91 Å². The molecule has 2 atom stereocenters. The summed E-state index contributed by atoms with van der Waals surface area (Å²) in [6.07, 6.45) is 0.854. The number of aromatic hydroxyl groups is 1. The largest absolute Gasteiger partial charge is 0.508 e. The zero-order valence-electron chi connectivity index (χ0n) is 20.1. The number of aliphatic carboxylic acids is 1. The fourth-order valence-electron chi connectivity index (χ4n) is 3.43. The van der Waals surface area contributed by atoms with Crippen molar-refractivity contribution in [3.63, 3.8) is 0 Å². The molecule has 0 heterocycles. The second kappa shape index (κ2) is 11.7. The lowest BCUT2D eigenvalue weighted by atomic mass is 10.0. The van der Waals surface area contributed by atoms with Gasteiger partial charge in [0.05, 0.1) is 27.2 Å². The molecule has 1 amide bonds. The van der Waals surface area contributed by atoms with E-state index in [1.54, 1.807) is 24.9 Å². The van der Waals surface area contributed by atoms with Gasteiger partial charge in [0.1, 0.15) is 22.8 Å². The van der Waals surface area contributed by atoms with E-state index in [9.17, 15) is 33.1 Å². The first-order valence-electron chi connectivity index (χ1n) is 10.9. The number of amides is 1. The highest BCUT2D eigenvalue weighted by atomic mass is 35.5. The molecule has 0 aliphatic carbocycles. The van der Waals surface area contributed by atoms with E-state index in [-0.39, 0.29) is 32.7 Å². The summed E-state index contributed by atoms with van der Waals surface area (Å²) in [4.78, 5) is 35.6. The van der Waals surface area contributed by atoms with E-state index >= 15 is 0 Å². The van der Waals surface area contributed by atoms with Crippen LogP contribution in [0.15, 0.2) is 65.6 Å². The first-order chi connectivity index (χ1) is 17.7. The molecule has 0 radical (unpaired) electrons. The number of phenolic OH excluding ortho intramolecular Hbond substituents is 1. The van der Waals surface area contributed by atoms with Crippen LogP contribution >= 0.6 is 30.7 Å². The number of benzene rings is 3. The molecule has 0 saturated heterocycles. The molecule has 0 aliphatic heterocycles. The number of carboxylic acid groups (broad SMARTS) is 1. The Morgan fingerprint density at radius 1 is 1.05 bits per heavy atom. The molecule has 8 nitrogen and oxygen atoms in total. The fraction of sp³-hybridized carbons (Fsp3) is 0.154. The number of nitrogens with one attached hydrogen (secondary N) is 1. The quantitative estimate of drug-likeness (QED) is 0.241. The minimum absolute atomic E-state index is 0.00574. The number of carbonyl (C=O) groups is 2. The molecule has 38 heavy (non-hydrogen) atoms. The summed E-state index contributed by atoms with van der Waals surface area (Å²) in [5, 5.41) is 22.0. The average Bonchev–Trinajstić information content (AvgIpc) is 2.81. The number of halogens is 2. The van der Waals surface area contributed by atoms with Crippen LogP contribution in [0.5, 0.6) is 5.75 Å². The highest BCUT2D eigenvalue weighted by Gasteiger charge is 2.31. The zero-order chi connectivity index (χ0) is 28.3. The Labute approximate surface area is 230 Å². The van der Waals surface area contributed by atoms with Gasteiger partial charge in [-0.15, -0.1) is 0 Å². The average molecular weight is 595 g/mol. The van der Waals surface area contributed by atoms with Gasteiger partial charge in [-0.25, -0.2) is 18.1 Å². The number of hydrogen-bond acceptors (Lipinski definition) is 6. The molecular weight excluding hydrogens is 572 g/mol. The lowest BCUT2D eigenvalue weighted by Crippen LogP contribution is -2.42. The molecule has 1 unspecified atom stereocenters. The Morgan fingerprint density at radius 2 is 1.68 bits per heavy atom. The lowest BCUT2D eigenvalue weighted by Gasteiger charge is -2.16. The molecule has 4 N–H and O–H groups in total. The number of rotatable bonds is 7. The van der Waals surface area contributed by atoms with Gasteiger partial charge in [-0.05, 0) is 47.9 Å². The molecule has 3 aromatic carbocycles. The highest BCUT2D eigenvalue weighted by molar-refractivity contribution is 7.90. The van der Waals surface area contributed by atoms with Crippen molar-refractivity contribution in [2.75, 3.05) is 12.9 Å². The smallest absolute Gasteiger partial charge is 0.326 e. The number of carbonyl (C=O) groups excluding carboxylic acids is 1. The van der Waals surface area contributed by atoms with Crippen LogP contribution in [0, 0.1) is 11.6 Å². The third kappa shape index (κ3) is 7.47. The molecule has 3 rings (SSSR count). The maximum Gasteiger partial charge on any atom is 0.326 e. The maximum absolute atomic E-state index is 12.9. The van der Waals surface area contributed by atoms with Crippen LogP contribution in [-0.4, -0.2) is 54.4 Å². The van der Waals surface area contributed by atoms with Gasteiger partial charge in [-0.3, -0.25) is 4.79 Å². The summed E-state index contributed by atoms with van der Waals surface area (Å²) in [7, 11) is -6.42.